The minimum absolute atomic E-state index is 0.167. The van der Waals surface area contributed by atoms with E-state index < -0.39 is 0 Å². The van der Waals surface area contributed by atoms with Gasteiger partial charge in [0.15, 0.2) is 0 Å². The topological polar surface area (TPSA) is 41.1 Å². The second-order valence-corrected chi connectivity index (χ2v) is 4.57. The monoisotopic (exact) mass is 258 g/mol. The molecule has 1 aliphatic heterocycles. The Hall–Kier alpha value is -0.770. The zero-order chi connectivity index (χ0) is 11.5. The number of hydrogen-bond acceptors (Lipinski definition) is 2. The summed E-state index contributed by atoms with van der Waals surface area (Å²) < 4.78 is 0. The van der Waals surface area contributed by atoms with Gasteiger partial charge in [-0.05, 0) is 25.1 Å². The van der Waals surface area contributed by atoms with E-state index in [9.17, 15) is 4.79 Å². The molecule has 0 aromatic heterocycles. The van der Waals surface area contributed by atoms with Crippen LogP contribution in [0.5, 0.6) is 0 Å². The van der Waals surface area contributed by atoms with Crippen LogP contribution < -0.4 is 10.6 Å². The van der Waals surface area contributed by atoms with Crippen LogP contribution in [0.25, 0.3) is 0 Å². The molecule has 0 bridgehead atoms. The van der Waals surface area contributed by atoms with Gasteiger partial charge in [-0.2, -0.15) is 0 Å². The highest BCUT2D eigenvalue weighted by atomic mass is 35.5. The van der Waals surface area contributed by atoms with Crippen LogP contribution in [0, 0.1) is 0 Å². The third-order valence-electron chi connectivity index (χ3n) is 2.59. The summed E-state index contributed by atoms with van der Waals surface area (Å²) in [7, 11) is 0. The molecule has 1 aromatic rings. The largest absolute Gasteiger partial charge is 0.348 e. The number of halogens is 2. The summed E-state index contributed by atoms with van der Waals surface area (Å²) in [6.45, 7) is 1.73. The molecule has 0 saturated carbocycles. The van der Waals surface area contributed by atoms with Crippen LogP contribution in [0.4, 0.5) is 0 Å². The Morgan fingerprint density at radius 1 is 1.38 bits per heavy atom. The second kappa shape index (κ2) is 5.04. The summed E-state index contributed by atoms with van der Waals surface area (Å²) in [5, 5.41) is 6.85. The van der Waals surface area contributed by atoms with Gasteiger partial charge >= 0.3 is 0 Å². The molecule has 1 fully saturated rings. The summed E-state index contributed by atoms with van der Waals surface area (Å²) in [6.07, 6.45) is 0.938. The maximum atomic E-state index is 11.9. The molecule has 0 radical (unpaired) electrons. The minimum atomic E-state index is -0.204. The molecule has 0 aliphatic carbocycles. The third kappa shape index (κ3) is 2.48. The van der Waals surface area contributed by atoms with Crippen molar-refractivity contribution < 1.29 is 4.79 Å². The molecule has 5 heteroatoms. The van der Waals surface area contributed by atoms with Gasteiger partial charge in [-0.15, -0.1) is 0 Å². The highest BCUT2D eigenvalue weighted by Gasteiger charge is 2.20. The maximum Gasteiger partial charge on any atom is 0.254 e. The first kappa shape index (κ1) is 11.7. The van der Waals surface area contributed by atoms with E-state index in [2.05, 4.69) is 10.6 Å². The molecule has 1 atom stereocenters. The van der Waals surface area contributed by atoms with Crippen LogP contribution in [0.15, 0.2) is 18.2 Å². The second-order valence-electron chi connectivity index (χ2n) is 3.76. The van der Waals surface area contributed by atoms with E-state index >= 15 is 0 Å². The molecule has 2 N–H and O–H groups in total. The van der Waals surface area contributed by atoms with Gasteiger partial charge in [0.2, 0.25) is 0 Å². The van der Waals surface area contributed by atoms with Gasteiger partial charge in [0, 0.05) is 12.6 Å². The molecule has 86 valence electrons. The Bertz CT molecular complexity index is 383. The molecule has 1 heterocycles. The van der Waals surface area contributed by atoms with Crippen LogP contribution in [0.2, 0.25) is 10.0 Å². The lowest BCUT2D eigenvalue weighted by Gasteiger charge is -2.12. The van der Waals surface area contributed by atoms with E-state index in [4.69, 9.17) is 23.2 Å². The van der Waals surface area contributed by atoms with Crippen molar-refractivity contribution in [1.82, 2.24) is 10.6 Å². The molecule has 2 rings (SSSR count). The molecule has 3 nitrogen and oxygen atoms in total. The number of nitrogens with one attached hydrogen (secondary N) is 2. The highest BCUT2D eigenvalue weighted by molar-refractivity contribution is 6.39. The number of carbonyl (C=O) groups excluding carboxylic acids is 1. The Morgan fingerprint density at radius 3 is 2.62 bits per heavy atom. The Morgan fingerprint density at radius 2 is 2.06 bits per heavy atom. The number of hydrogen-bond donors (Lipinski definition) is 2. The van der Waals surface area contributed by atoms with E-state index in [-0.39, 0.29) is 11.9 Å². The molecule has 1 unspecified atom stereocenters. The lowest BCUT2D eigenvalue weighted by atomic mass is 10.2. The van der Waals surface area contributed by atoms with E-state index in [0.29, 0.717) is 15.6 Å². The van der Waals surface area contributed by atoms with Gasteiger partial charge in [0.25, 0.3) is 5.91 Å². The molecular weight excluding hydrogens is 247 g/mol. The van der Waals surface area contributed by atoms with Gasteiger partial charge in [-0.25, -0.2) is 0 Å². The first-order chi connectivity index (χ1) is 7.68. The van der Waals surface area contributed by atoms with Crippen molar-refractivity contribution in [2.75, 3.05) is 13.1 Å². The van der Waals surface area contributed by atoms with Crippen molar-refractivity contribution in [3.05, 3.63) is 33.8 Å². The van der Waals surface area contributed by atoms with Crippen LogP contribution in [-0.4, -0.2) is 25.0 Å². The van der Waals surface area contributed by atoms with Crippen molar-refractivity contribution in [2.45, 2.75) is 12.5 Å². The fraction of sp³-hybridized carbons (Fsp3) is 0.364. The molecule has 16 heavy (non-hydrogen) atoms. The zero-order valence-corrected chi connectivity index (χ0v) is 10.1. The number of carbonyl (C=O) groups is 1. The molecule has 1 aliphatic rings. The van der Waals surface area contributed by atoms with Crippen molar-refractivity contribution in [1.29, 1.82) is 0 Å². The average molecular weight is 259 g/mol. The maximum absolute atomic E-state index is 11.9. The van der Waals surface area contributed by atoms with Crippen molar-refractivity contribution in [3.8, 4) is 0 Å². The zero-order valence-electron chi connectivity index (χ0n) is 8.59. The molecule has 0 spiro atoms. The first-order valence-corrected chi connectivity index (χ1v) is 5.89. The SMILES string of the molecule is O=C(NC1CCNC1)c1c(Cl)cccc1Cl. The summed E-state index contributed by atoms with van der Waals surface area (Å²) in [6, 6.07) is 5.21. The fourth-order valence-electron chi connectivity index (χ4n) is 1.75. The fourth-order valence-corrected chi connectivity index (χ4v) is 2.32. The van der Waals surface area contributed by atoms with Gasteiger partial charge in [0.1, 0.15) is 0 Å². The number of benzene rings is 1. The Labute approximate surface area is 104 Å². The van der Waals surface area contributed by atoms with Crippen LogP contribution in [-0.2, 0) is 0 Å². The normalized spacial score (nSPS) is 19.8. The van der Waals surface area contributed by atoms with E-state index in [1.807, 2.05) is 0 Å². The lowest BCUT2D eigenvalue weighted by molar-refractivity contribution is 0.0940. The quantitative estimate of drug-likeness (QED) is 0.853. The minimum Gasteiger partial charge on any atom is -0.348 e. The number of amides is 1. The van der Waals surface area contributed by atoms with Crippen molar-refractivity contribution >= 4 is 29.1 Å². The Kier molecular flexibility index (Phi) is 3.69. The Balaban J connectivity index is 2.13. The summed E-state index contributed by atoms with van der Waals surface area (Å²) in [5.74, 6) is -0.204. The van der Waals surface area contributed by atoms with E-state index in [1.165, 1.54) is 0 Å². The predicted molar refractivity (Wildman–Crippen MR) is 65.2 cm³/mol. The summed E-state index contributed by atoms with van der Waals surface area (Å²) >= 11 is 11.9. The third-order valence-corrected chi connectivity index (χ3v) is 3.22. The van der Waals surface area contributed by atoms with Crippen molar-refractivity contribution in [2.24, 2.45) is 0 Å². The van der Waals surface area contributed by atoms with Crippen LogP contribution in [0.1, 0.15) is 16.8 Å². The van der Waals surface area contributed by atoms with Crippen molar-refractivity contribution in [3.63, 3.8) is 0 Å². The van der Waals surface area contributed by atoms with E-state index in [0.717, 1.165) is 19.5 Å². The summed E-state index contributed by atoms with van der Waals surface area (Å²) in [5.41, 5.74) is 0.359. The number of rotatable bonds is 2. The van der Waals surface area contributed by atoms with E-state index in [1.54, 1.807) is 18.2 Å². The first-order valence-electron chi connectivity index (χ1n) is 5.14. The molecule has 1 saturated heterocycles. The predicted octanol–water partition coefficient (Wildman–Crippen LogP) is 2.09. The van der Waals surface area contributed by atoms with Gasteiger partial charge < -0.3 is 10.6 Å². The summed E-state index contributed by atoms with van der Waals surface area (Å²) in [4.78, 5) is 11.9. The average Bonchev–Trinajstić information content (AvgIpc) is 2.70. The van der Waals surface area contributed by atoms with Gasteiger partial charge in [0.05, 0.1) is 15.6 Å². The molecule has 1 aromatic carbocycles. The highest BCUT2D eigenvalue weighted by Crippen LogP contribution is 2.24. The van der Waals surface area contributed by atoms with Gasteiger partial charge in [-0.3, -0.25) is 4.79 Å². The molecule has 1 amide bonds. The van der Waals surface area contributed by atoms with Gasteiger partial charge in [-0.1, -0.05) is 29.3 Å². The standard InChI is InChI=1S/C11H12Cl2N2O/c12-8-2-1-3-9(13)10(8)11(16)15-7-4-5-14-6-7/h1-3,7,14H,4-6H2,(H,15,16). The van der Waals surface area contributed by atoms with Crippen LogP contribution in [0.3, 0.4) is 0 Å². The molecular formula is C11H12Cl2N2O. The smallest absolute Gasteiger partial charge is 0.254 e. The van der Waals surface area contributed by atoms with Crippen LogP contribution >= 0.6 is 23.2 Å². The lowest BCUT2D eigenvalue weighted by Crippen LogP contribution is -2.36.